The van der Waals surface area contributed by atoms with E-state index in [0.717, 1.165) is 68.2 Å². The van der Waals surface area contributed by atoms with Crippen LogP contribution in [0.15, 0.2) is 36.7 Å². The van der Waals surface area contributed by atoms with E-state index in [-0.39, 0.29) is 18.6 Å². The van der Waals surface area contributed by atoms with Crippen LogP contribution in [0.2, 0.25) is 0 Å². The average molecular weight is 608 g/mol. The summed E-state index contributed by atoms with van der Waals surface area (Å²) < 4.78 is 22.5. The number of aromatic nitrogens is 2. The third-order valence-corrected chi connectivity index (χ3v) is 9.73. The third-order valence-electron chi connectivity index (χ3n) is 9.73. The van der Waals surface area contributed by atoms with Crippen molar-refractivity contribution in [2.45, 2.75) is 78.4 Å². The van der Waals surface area contributed by atoms with E-state index in [0.29, 0.717) is 42.6 Å². The SMILES string of the molecule is CCN(C(=O)c1cc(F)ccc1-c1cc(C2CN(C(CC[C@@H]3COCCN3CCO)C(C)C)C2)cn2c(C)ncc12)C(C)C. The second-order valence-corrected chi connectivity index (χ2v) is 13.2. The maximum absolute atomic E-state index is 14.6. The zero-order valence-electron chi connectivity index (χ0n) is 27.3. The van der Waals surface area contributed by atoms with E-state index in [2.05, 4.69) is 45.3 Å². The number of halogens is 1. The summed E-state index contributed by atoms with van der Waals surface area (Å²) in [7, 11) is 0. The lowest BCUT2D eigenvalue weighted by Crippen LogP contribution is -2.53. The van der Waals surface area contributed by atoms with Crippen LogP contribution in [0.4, 0.5) is 4.39 Å². The van der Waals surface area contributed by atoms with Gasteiger partial charge in [-0.3, -0.25) is 14.6 Å². The zero-order chi connectivity index (χ0) is 31.5. The number of nitrogens with zero attached hydrogens (tertiary/aromatic N) is 5. The largest absolute Gasteiger partial charge is 0.395 e. The van der Waals surface area contributed by atoms with Gasteiger partial charge in [0.25, 0.3) is 5.91 Å². The summed E-state index contributed by atoms with van der Waals surface area (Å²) in [5, 5.41) is 9.52. The second-order valence-electron chi connectivity index (χ2n) is 13.2. The van der Waals surface area contributed by atoms with Gasteiger partial charge in [0.1, 0.15) is 11.6 Å². The van der Waals surface area contributed by atoms with Crippen LogP contribution in [0, 0.1) is 18.7 Å². The quantitative estimate of drug-likeness (QED) is 0.305. The van der Waals surface area contributed by atoms with Gasteiger partial charge in [-0.1, -0.05) is 19.9 Å². The van der Waals surface area contributed by atoms with E-state index in [1.807, 2.05) is 33.9 Å². The molecule has 1 unspecified atom stereocenters. The number of aryl methyl sites for hydroxylation is 1. The predicted molar refractivity (Wildman–Crippen MR) is 173 cm³/mol. The highest BCUT2D eigenvalue weighted by molar-refractivity contribution is 6.03. The number of hydrogen-bond donors (Lipinski definition) is 1. The Morgan fingerprint density at radius 3 is 2.64 bits per heavy atom. The highest BCUT2D eigenvalue weighted by Crippen LogP contribution is 2.37. The van der Waals surface area contributed by atoms with E-state index >= 15 is 0 Å². The van der Waals surface area contributed by atoms with Gasteiger partial charge in [0.2, 0.25) is 0 Å². The molecule has 44 heavy (non-hydrogen) atoms. The van der Waals surface area contributed by atoms with Crippen LogP contribution in [-0.2, 0) is 4.74 Å². The van der Waals surface area contributed by atoms with Crippen molar-refractivity contribution in [2.24, 2.45) is 5.92 Å². The molecule has 2 aliphatic heterocycles. The molecule has 1 N–H and O–H groups in total. The number of benzene rings is 1. The van der Waals surface area contributed by atoms with E-state index in [1.165, 1.54) is 17.7 Å². The van der Waals surface area contributed by atoms with Crippen LogP contribution >= 0.6 is 0 Å². The molecule has 0 saturated carbocycles. The first-order chi connectivity index (χ1) is 21.1. The summed E-state index contributed by atoms with van der Waals surface area (Å²) in [4.78, 5) is 25.1. The van der Waals surface area contributed by atoms with Gasteiger partial charge in [-0.2, -0.15) is 0 Å². The summed E-state index contributed by atoms with van der Waals surface area (Å²) in [5.74, 6) is 1.19. The zero-order valence-corrected chi connectivity index (χ0v) is 27.3. The van der Waals surface area contributed by atoms with Crippen LogP contribution < -0.4 is 0 Å². The molecule has 2 saturated heterocycles. The number of imidazole rings is 1. The van der Waals surface area contributed by atoms with Crippen molar-refractivity contribution in [3.05, 3.63) is 59.4 Å². The molecule has 240 valence electrons. The van der Waals surface area contributed by atoms with Gasteiger partial charge in [-0.25, -0.2) is 9.37 Å². The molecule has 9 heteroatoms. The van der Waals surface area contributed by atoms with Gasteiger partial charge in [0.15, 0.2) is 0 Å². The lowest BCUT2D eigenvalue weighted by molar-refractivity contribution is -0.0233. The lowest BCUT2D eigenvalue weighted by Gasteiger charge is -2.47. The number of fused-ring (bicyclic) bond motifs is 1. The first kappa shape index (κ1) is 32.5. The van der Waals surface area contributed by atoms with Crippen LogP contribution in [0.1, 0.15) is 75.1 Å². The maximum Gasteiger partial charge on any atom is 0.254 e. The first-order valence-corrected chi connectivity index (χ1v) is 16.4. The smallest absolute Gasteiger partial charge is 0.254 e. The topological polar surface area (TPSA) is 73.5 Å². The van der Waals surface area contributed by atoms with E-state index in [1.54, 1.807) is 11.0 Å². The molecule has 1 amide bonds. The number of carbonyl (C=O) groups is 1. The molecule has 0 radical (unpaired) electrons. The van der Waals surface area contributed by atoms with Crippen LogP contribution in [0.5, 0.6) is 0 Å². The standard InChI is InChI=1S/C35H50FN5O3/c1-7-40(24(4)5)35(43)32-17-28(36)8-10-30(32)31-16-26(21-41-25(6)37-18-34(31)41)27-19-39(20-27)33(23(2)3)11-9-29-22-44-15-13-38(29)12-14-42/h8,10,16-18,21,23-24,27,29,33,42H,7,9,11-15,19-20,22H2,1-6H3/t29-,33?/m1/s1. The van der Waals surface area contributed by atoms with Crippen LogP contribution in [-0.4, -0.2) is 106 Å². The van der Waals surface area contributed by atoms with Gasteiger partial charge in [-0.05, 0) is 75.8 Å². The molecule has 2 fully saturated rings. The number of aliphatic hydroxyl groups excluding tert-OH is 1. The summed E-state index contributed by atoms with van der Waals surface area (Å²) in [6.45, 7) is 18.3. The molecule has 0 spiro atoms. The Kier molecular flexibility index (Phi) is 10.4. The highest BCUT2D eigenvalue weighted by Gasteiger charge is 2.36. The number of rotatable bonds is 12. The Morgan fingerprint density at radius 2 is 1.95 bits per heavy atom. The molecule has 5 rings (SSSR count). The van der Waals surface area contributed by atoms with Gasteiger partial charge in [0, 0.05) is 68.5 Å². The molecule has 2 aliphatic rings. The number of hydrogen-bond acceptors (Lipinski definition) is 6. The van der Waals surface area contributed by atoms with E-state index in [4.69, 9.17) is 4.74 Å². The fourth-order valence-corrected chi connectivity index (χ4v) is 7.18. The van der Waals surface area contributed by atoms with Crippen molar-refractivity contribution >= 4 is 11.4 Å². The van der Waals surface area contributed by atoms with Crippen molar-refractivity contribution in [3.63, 3.8) is 0 Å². The number of carbonyl (C=O) groups excluding carboxylic acids is 1. The van der Waals surface area contributed by atoms with Crippen LogP contribution in [0.3, 0.4) is 0 Å². The molecule has 8 nitrogen and oxygen atoms in total. The normalized spacial score (nSPS) is 19.2. The minimum atomic E-state index is -0.414. The number of ether oxygens (including phenoxy) is 1. The van der Waals surface area contributed by atoms with Gasteiger partial charge < -0.3 is 19.1 Å². The van der Waals surface area contributed by atoms with Crippen molar-refractivity contribution in [2.75, 3.05) is 52.5 Å². The fraction of sp³-hybridized carbons (Fsp3) is 0.600. The Hall–Kier alpha value is -2.85. The molecule has 0 aliphatic carbocycles. The van der Waals surface area contributed by atoms with Gasteiger partial charge >= 0.3 is 0 Å². The predicted octanol–water partition coefficient (Wildman–Crippen LogP) is 5.22. The third kappa shape index (κ3) is 6.71. The Balaban J connectivity index is 1.40. The Bertz CT molecular complexity index is 1430. The average Bonchev–Trinajstić information content (AvgIpc) is 3.34. The minimum Gasteiger partial charge on any atom is -0.395 e. The summed E-state index contributed by atoms with van der Waals surface area (Å²) in [6.07, 6.45) is 6.19. The van der Waals surface area contributed by atoms with Crippen LogP contribution in [0.25, 0.3) is 16.6 Å². The molecule has 2 aromatic heterocycles. The maximum atomic E-state index is 14.6. The molecule has 4 heterocycles. The van der Waals surface area contributed by atoms with Crippen molar-refractivity contribution in [3.8, 4) is 11.1 Å². The summed E-state index contributed by atoms with van der Waals surface area (Å²) in [5.41, 5.74) is 4.15. The fourth-order valence-electron chi connectivity index (χ4n) is 7.18. The van der Waals surface area contributed by atoms with E-state index < -0.39 is 5.82 Å². The van der Waals surface area contributed by atoms with Gasteiger partial charge in [0.05, 0.1) is 37.1 Å². The number of β-amino-alcohol motifs (C(OH)–C–C–N with tert-alkyl or cyclic N) is 1. The summed E-state index contributed by atoms with van der Waals surface area (Å²) in [6, 6.07) is 7.61. The minimum absolute atomic E-state index is 0.00503. The molecule has 1 aromatic carbocycles. The Morgan fingerprint density at radius 1 is 1.18 bits per heavy atom. The van der Waals surface area contributed by atoms with Crippen molar-refractivity contribution in [1.29, 1.82) is 0 Å². The molecular formula is C35H50FN5O3. The number of amides is 1. The number of aliphatic hydroxyl groups is 1. The number of pyridine rings is 1. The molecule has 0 bridgehead atoms. The van der Waals surface area contributed by atoms with Gasteiger partial charge in [-0.15, -0.1) is 0 Å². The monoisotopic (exact) mass is 607 g/mol. The lowest BCUT2D eigenvalue weighted by atomic mass is 9.85. The number of morpholine rings is 1. The highest BCUT2D eigenvalue weighted by atomic mass is 19.1. The van der Waals surface area contributed by atoms with E-state index in [9.17, 15) is 14.3 Å². The first-order valence-electron chi connectivity index (χ1n) is 16.4. The second kappa shape index (κ2) is 14.1. The molecule has 3 aromatic rings. The summed E-state index contributed by atoms with van der Waals surface area (Å²) >= 11 is 0. The van der Waals surface area contributed by atoms with Crippen molar-refractivity contribution in [1.82, 2.24) is 24.1 Å². The molecule has 2 atom stereocenters. The Labute approximate surface area is 261 Å². The van der Waals surface area contributed by atoms with Crippen molar-refractivity contribution < 1.29 is 19.0 Å². The number of likely N-dealkylation sites (tertiary alicyclic amines) is 1. The molecular weight excluding hydrogens is 557 g/mol.